The van der Waals surface area contributed by atoms with Crippen molar-refractivity contribution in [3.05, 3.63) is 35.7 Å². The Balaban J connectivity index is 1.81. The number of hydrogen-bond donors (Lipinski definition) is 2. The van der Waals surface area contributed by atoms with E-state index in [1.807, 2.05) is 0 Å². The van der Waals surface area contributed by atoms with E-state index in [9.17, 15) is 13.2 Å². The molecule has 2 N–H and O–H groups in total. The molecule has 0 aromatic heterocycles. The summed E-state index contributed by atoms with van der Waals surface area (Å²) in [6, 6.07) is 0. The molecule has 1 fully saturated rings. The van der Waals surface area contributed by atoms with E-state index >= 15 is 0 Å². The second-order valence-electron chi connectivity index (χ2n) is 5.65. The van der Waals surface area contributed by atoms with Gasteiger partial charge >= 0.3 is 6.18 Å². The summed E-state index contributed by atoms with van der Waals surface area (Å²) in [5.74, 6) is 0. The van der Waals surface area contributed by atoms with Crippen molar-refractivity contribution in [2.45, 2.75) is 37.9 Å². The average molecular weight is 302 g/mol. The van der Waals surface area contributed by atoms with Crippen LogP contribution in [0.25, 0.3) is 0 Å². The quantitative estimate of drug-likeness (QED) is 0.837. The van der Waals surface area contributed by atoms with Crippen molar-refractivity contribution in [2.75, 3.05) is 19.8 Å². The van der Waals surface area contributed by atoms with Crippen LogP contribution in [0, 0.1) is 0 Å². The average Bonchev–Trinajstić information content (AvgIpc) is 2.64. The third kappa shape index (κ3) is 4.89. The lowest BCUT2D eigenvalue weighted by molar-refractivity contribution is -0.0954. The van der Waals surface area contributed by atoms with Crippen molar-refractivity contribution in [1.29, 1.82) is 0 Å². The summed E-state index contributed by atoms with van der Waals surface area (Å²) in [6.07, 6.45) is 3.88. The monoisotopic (exact) mass is 302 g/mol. The lowest BCUT2D eigenvalue weighted by atomic mass is 9.92. The molecule has 0 bridgehead atoms. The molecule has 1 saturated heterocycles. The molecule has 3 nitrogen and oxygen atoms in total. The molecule has 0 saturated carbocycles. The van der Waals surface area contributed by atoms with Crippen LogP contribution in [0.5, 0.6) is 0 Å². The fraction of sp³-hybridized carbons (Fsp3) is 0.600. The minimum absolute atomic E-state index is 0.0655. The van der Waals surface area contributed by atoms with Gasteiger partial charge in [-0.3, -0.25) is 0 Å². The first-order chi connectivity index (χ1) is 9.89. The molecule has 0 aromatic rings. The minimum atomic E-state index is -4.34. The second kappa shape index (κ2) is 6.66. The number of alkyl halides is 3. The van der Waals surface area contributed by atoms with Gasteiger partial charge in [-0.2, -0.15) is 13.2 Å². The molecule has 6 heteroatoms. The molecule has 21 heavy (non-hydrogen) atoms. The van der Waals surface area contributed by atoms with Crippen LogP contribution >= 0.6 is 0 Å². The Bertz CT molecular complexity index is 446. The lowest BCUT2D eigenvalue weighted by Gasteiger charge is -2.34. The number of hydrogen-bond acceptors (Lipinski definition) is 3. The van der Waals surface area contributed by atoms with Gasteiger partial charge in [0.2, 0.25) is 0 Å². The molecule has 0 aliphatic carbocycles. The van der Waals surface area contributed by atoms with E-state index in [0.717, 1.165) is 44.2 Å². The summed E-state index contributed by atoms with van der Waals surface area (Å²) < 4.78 is 43.1. The van der Waals surface area contributed by atoms with Gasteiger partial charge in [0, 0.05) is 25.0 Å². The molecular formula is C15H21F3N2O. The van der Waals surface area contributed by atoms with Gasteiger partial charge in [0.15, 0.2) is 0 Å². The van der Waals surface area contributed by atoms with Crippen molar-refractivity contribution in [1.82, 2.24) is 10.6 Å². The maximum atomic E-state index is 12.6. The van der Waals surface area contributed by atoms with Crippen molar-refractivity contribution in [3.63, 3.8) is 0 Å². The summed E-state index contributed by atoms with van der Waals surface area (Å²) in [5, 5.41) is 5.82. The van der Waals surface area contributed by atoms with Crippen LogP contribution in [0.2, 0.25) is 0 Å². The standard InChI is InChI=1S/C15H21F3N2O/c1-14(6-9-21-10-7-14)20-8-5-12-3-2-4-13(19-11-12)15(16,17)18/h2-4,11,19-20H,5-10H2,1H3. The zero-order valence-corrected chi connectivity index (χ0v) is 12.1. The fourth-order valence-electron chi connectivity index (χ4n) is 2.37. The molecular weight excluding hydrogens is 281 g/mol. The molecule has 0 amide bonds. The maximum absolute atomic E-state index is 12.6. The van der Waals surface area contributed by atoms with Crippen LogP contribution in [-0.2, 0) is 4.74 Å². The maximum Gasteiger partial charge on any atom is 0.431 e. The van der Waals surface area contributed by atoms with Crippen LogP contribution in [0.1, 0.15) is 26.2 Å². The van der Waals surface area contributed by atoms with Crippen LogP contribution in [-0.4, -0.2) is 31.5 Å². The van der Waals surface area contributed by atoms with Crippen LogP contribution < -0.4 is 10.6 Å². The largest absolute Gasteiger partial charge is 0.431 e. The summed E-state index contributed by atoms with van der Waals surface area (Å²) in [4.78, 5) is 0. The molecule has 2 aliphatic rings. The van der Waals surface area contributed by atoms with Gasteiger partial charge in [0.05, 0.1) is 0 Å². The minimum Gasteiger partial charge on any atom is -0.381 e. The first-order valence-electron chi connectivity index (χ1n) is 7.13. The number of halogens is 3. The van der Waals surface area contributed by atoms with E-state index in [-0.39, 0.29) is 5.54 Å². The molecule has 0 aromatic carbocycles. The predicted molar refractivity (Wildman–Crippen MR) is 75.6 cm³/mol. The Kier molecular flexibility index (Phi) is 5.11. The zero-order chi connectivity index (χ0) is 15.3. The summed E-state index contributed by atoms with van der Waals surface area (Å²) in [5.41, 5.74) is 0.169. The number of ether oxygens (including phenoxy) is 1. The highest BCUT2D eigenvalue weighted by atomic mass is 19.4. The van der Waals surface area contributed by atoms with Crippen molar-refractivity contribution < 1.29 is 17.9 Å². The molecule has 0 spiro atoms. The number of allylic oxidation sites excluding steroid dienone is 4. The highest BCUT2D eigenvalue weighted by Gasteiger charge is 2.33. The summed E-state index contributed by atoms with van der Waals surface area (Å²) in [7, 11) is 0. The van der Waals surface area contributed by atoms with Crippen molar-refractivity contribution >= 4 is 0 Å². The summed E-state index contributed by atoms with van der Waals surface area (Å²) >= 11 is 0. The predicted octanol–water partition coefficient (Wildman–Crippen LogP) is 3.02. The third-order valence-electron chi connectivity index (χ3n) is 3.85. The molecule has 0 unspecified atom stereocenters. The topological polar surface area (TPSA) is 33.3 Å². The third-order valence-corrected chi connectivity index (χ3v) is 3.85. The van der Waals surface area contributed by atoms with Crippen LogP contribution in [0.3, 0.4) is 0 Å². The van der Waals surface area contributed by atoms with E-state index in [1.54, 1.807) is 6.08 Å². The molecule has 2 aliphatic heterocycles. The zero-order valence-electron chi connectivity index (χ0n) is 12.1. The van der Waals surface area contributed by atoms with E-state index in [0.29, 0.717) is 6.42 Å². The van der Waals surface area contributed by atoms with Gasteiger partial charge in [-0.05, 0) is 44.4 Å². The van der Waals surface area contributed by atoms with Gasteiger partial charge in [0.1, 0.15) is 5.70 Å². The van der Waals surface area contributed by atoms with Gasteiger partial charge < -0.3 is 15.4 Å². The Morgan fingerprint density at radius 3 is 2.71 bits per heavy atom. The van der Waals surface area contributed by atoms with Crippen molar-refractivity contribution in [2.24, 2.45) is 0 Å². The highest BCUT2D eigenvalue weighted by Crippen LogP contribution is 2.25. The van der Waals surface area contributed by atoms with Gasteiger partial charge in [-0.25, -0.2) is 0 Å². The molecule has 0 radical (unpaired) electrons. The molecule has 2 heterocycles. The lowest BCUT2D eigenvalue weighted by Crippen LogP contribution is -2.47. The van der Waals surface area contributed by atoms with Gasteiger partial charge in [-0.15, -0.1) is 0 Å². The van der Waals surface area contributed by atoms with E-state index in [4.69, 9.17) is 4.74 Å². The van der Waals surface area contributed by atoms with Gasteiger partial charge in [0.25, 0.3) is 0 Å². The number of nitrogens with one attached hydrogen (secondary N) is 2. The SMILES string of the molecule is CC1(NCCC2=CNC(C(F)(F)F)=CC=C2)CCOCC1. The Morgan fingerprint density at radius 2 is 2.05 bits per heavy atom. The van der Waals surface area contributed by atoms with Crippen LogP contribution in [0.15, 0.2) is 35.7 Å². The van der Waals surface area contributed by atoms with Crippen LogP contribution in [0.4, 0.5) is 13.2 Å². The second-order valence-corrected chi connectivity index (χ2v) is 5.65. The normalized spacial score (nSPS) is 22.1. The smallest absolute Gasteiger partial charge is 0.381 e. The first kappa shape index (κ1) is 16.1. The highest BCUT2D eigenvalue weighted by molar-refractivity contribution is 5.30. The Hall–Kier alpha value is -1.27. The molecule has 118 valence electrons. The Morgan fingerprint density at radius 1 is 1.33 bits per heavy atom. The molecule has 2 rings (SSSR count). The fourth-order valence-corrected chi connectivity index (χ4v) is 2.37. The summed E-state index contributed by atoms with van der Waals surface area (Å²) in [6.45, 7) is 4.41. The van der Waals surface area contributed by atoms with Gasteiger partial charge in [-0.1, -0.05) is 12.2 Å². The number of rotatable bonds is 4. The van der Waals surface area contributed by atoms with Crippen molar-refractivity contribution in [3.8, 4) is 0 Å². The first-order valence-corrected chi connectivity index (χ1v) is 7.13. The van der Waals surface area contributed by atoms with E-state index in [1.165, 1.54) is 12.3 Å². The Labute approximate surface area is 122 Å². The van der Waals surface area contributed by atoms with E-state index < -0.39 is 11.9 Å². The van der Waals surface area contributed by atoms with E-state index in [2.05, 4.69) is 17.6 Å². The molecule has 0 atom stereocenters.